The quantitative estimate of drug-likeness (QED) is 0.931. The molecule has 2 rings (SSSR count). The first-order chi connectivity index (χ1) is 9.00. The maximum absolute atomic E-state index is 12.9. The van der Waals surface area contributed by atoms with Crippen molar-refractivity contribution in [1.29, 1.82) is 0 Å². The van der Waals surface area contributed by atoms with Crippen LogP contribution >= 0.6 is 11.3 Å². The van der Waals surface area contributed by atoms with Crippen LogP contribution < -0.4 is 5.32 Å². The molecular formula is C13H13F3N2S. The van der Waals surface area contributed by atoms with Crippen LogP contribution in [0.5, 0.6) is 0 Å². The summed E-state index contributed by atoms with van der Waals surface area (Å²) >= 11 is 1.43. The molecular weight excluding hydrogens is 273 g/mol. The zero-order valence-electron chi connectivity index (χ0n) is 10.3. The van der Waals surface area contributed by atoms with Gasteiger partial charge in [-0.15, -0.1) is 11.3 Å². The summed E-state index contributed by atoms with van der Waals surface area (Å²) in [6, 6.07) is 5.63. The van der Waals surface area contributed by atoms with Gasteiger partial charge in [0.05, 0.1) is 10.6 Å². The fourth-order valence-corrected chi connectivity index (χ4v) is 2.76. The molecule has 0 aliphatic heterocycles. The number of rotatable bonds is 4. The maximum atomic E-state index is 12.9. The molecule has 0 radical (unpaired) electrons. The van der Waals surface area contributed by atoms with Gasteiger partial charge in [-0.1, -0.05) is 18.2 Å². The first kappa shape index (κ1) is 14.0. The van der Waals surface area contributed by atoms with Gasteiger partial charge in [-0.3, -0.25) is 0 Å². The minimum atomic E-state index is -4.32. The minimum Gasteiger partial charge on any atom is -0.315 e. The zero-order valence-corrected chi connectivity index (χ0v) is 11.1. The number of aromatic nitrogens is 1. The predicted molar refractivity (Wildman–Crippen MR) is 69.1 cm³/mol. The largest absolute Gasteiger partial charge is 0.416 e. The summed E-state index contributed by atoms with van der Waals surface area (Å²) in [6.07, 6.45) is -2.40. The van der Waals surface area contributed by atoms with Crippen molar-refractivity contribution in [3.05, 3.63) is 51.5 Å². The van der Waals surface area contributed by atoms with Gasteiger partial charge in [-0.25, -0.2) is 4.98 Å². The fraction of sp³-hybridized carbons (Fsp3) is 0.308. The van der Waals surface area contributed by atoms with Gasteiger partial charge in [-0.2, -0.15) is 13.2 Å². The molecule has 0 amide bonds. The Morgan fingerprint density at radius 3 is 2.68 bits per heavy atom. The van der Waals surface area contributed by atoms with Crippen LogP contribution in [-0.4, -0.2) is 12.0 Å². The van der Waals surface area contributed by atoms with Crippen LogP contribution in [0.1, 0.15) is 21.0 Å². The van der Waals surface area contributed by atoms with Crippen molar-refractivity contribution in [2.75, 3.05) is 7.05 Å². The highest BCUT2D eigenvalue weighted by Crippen LogP contribution is 2.33. The normalized spacial score (nSPS) is 11.8. The van der Waals surface area contributed by atoms with Crippen LogP contribution in [-0.2, 0) is 19.1 Å². The summed E-state index contributed by atoms with van der Waals surface area (Å²) in [4.78, 5) is 5.18. The lowest BCUT2D eigenvalue weighted by Gasteiger charge is -2.11. The minimum absolute atomic E-state index is 0.212. The van der Waals surface area contributed by atoms with Crippen LogP contribution in [0.3, 0.4) is 0 Å². The molecule has 0 saturated heterocycles. The number of nitrogens with zero attached hydrogens (tertiary/aromatic N) is 1. The molecule has 6 heteroatoms. The molecule has 0 saturated carbocycles. The molecule has 0 bridgehead atoms. The molecule has 0 fully saturated rings. The lowest BCUT2D eigenvalue weighted by Crippen LogP contribution is -2.09. The van der Waals surface area contributed by atoms with Gasteiger partial charge >= 0.3 is 6.18 Å². The van der Waals surface area contributed by atoms with Crippen molar-refractivity contribution in [3.8, 4) is 0 Å². The summed E-state index contributed by atoms with van der Waals surface area (Å²) in [5.74, 6) is 0. The molecule has 1 N–H and O–H groups in total. The van der Waals surface area contributed by atoms with Crippen LogP contribution in [0.15, 0.2) is 30.5 Å². The Balaban J connectivity index is 2.23. The summed E-state index contributed by atoms with van der Waals surface area (Å²) in [7, 11) is 1.82. The monoisotopic (exact) mass is 286 g/mol. The van der Waals surface area contributed by atoms with Crippen molar-refractivity contribution in [1.82, 2.24) is 10.3 Å². The standard InChI is InChI=1S/C13H13F3N2S/c1-17-7-10-8-18-12(19-10)6-9-4-2-3-5-11(9)13(14,15)16/h2-5,8,17H,6-7H2,1H3. The molecule has 0 aliphatic rings. The summed E-state index contributed by atoms with van der Waals surface area (Å²) in [5, 5.41) is 3.68. The van der Waals surface area contributed by atoms with E-state index in [2.05, 4.69) is 10.3 Å². The highest BCUT2D eigenvalue weighted by molar-refractivity contribution is 7.11. The van der Waals surface area contributed by atoms with Gasteiger partial charge in [-0.05, 0) is 18.7 Å². The van der Waals surface area contributed by atoms with Crippen LogP contribution in [0.4, 0.5) is 13.2 Å². The molecule has 2 nitrogen and oxygen atoms in total. The maximum Gasteiger partial charge on any atom is 0.416 e. The van der Waals surface area contributed by atoms with E-state index < -0.39 is 11.7 Å². The second-order valence-corrected chi connectivity index (χ2v) is 5.28. The van der Waals surface area contributed by atoms with Crippen molar-refractivity contribution in [2.45, 2.75) is 19.1 Å². The average molecular weight is 286 g/mol. The molecule has 0 unspecified atom stereocenters. The highest BCUT2D eigenvalue weighted by atomic mass is 32.1. The summed E-state index contributed by atoms with van der Waals surface area (Å²) in [6.45, 7) is 0.679. The fourth-order valence-electron chi connectivity index (χ4n) is 1.80. The Bertz CT molecular complexity index is 549. The van der Waals surface area contributed by atoms with E-state index in [0.29, 0.717) is 11.6 Å². The molecule has 0 spiro atoms. The number of benzene rings is 1. The molecule has 19 heavy (non-hydrogen) atoms. The van der Waals surface area contributed by atoms with E-state index >= 15 is 0 Å². The Labute approximate surface area is 113 Å². The van der Waals surface area contributed by atoms with Gasteiger partial charge in [0.1, 0.15) is 0 Å². The third-order valence-corrected chi connectivity index (χ3v) is 3.61. The number of thiazole rings is 1. The molecule has 2 aromatic rings. The smallest absolute Gasteiger partial charge is 0.315 e. The zero-order chi connectivity index (χ0) is 13.9. The topological polar surface area (TPSA) is 24.9 Å². The Kier molecular flexibility index (Phi) is 4.21. The van der Waals surface area contributed by atoms with E-state index in [4.69, 9.17) is 0 Å². The second-order valence-electron chi connectivity index (χ2n) is 4.08. The number of nitrogens with one attached hydrogen (secondary N) is 1. The molecule has 1 aromatic heterocycles. The van der Waals surface area contributed by atoms with E-state index in [9.17, 15) is 13.2 Å². The van der Waals surface area contributed by atoms with Gasteiger partial charge < -0.3 is 5.32 Å². The predicted octanol–water partition coefficient (Wildman–Crippen LogP) is 3.47. The SMILES string of the molecule is CNCc1cnc(Cc2ccccc2C(F)(F)F)s1. The van der Waals surface area contributed by atoms with Crippen molar-refractivity contribution < 1.29 is 13.2 Å². The lowest BCUT2D eigenvalue weighted by molar-refractivity contribution is -0.138. The molecule has 1 heterocycles. The Hall–Kier alpha value is -1.40. The molecule has 0 atom stereocenters. The highest BCUT2D eigenvalue weighted by Gasteiger charge is 2.32. The number of alkyl halides is 3. The molecule has 1 aromatic carbocycles. The summed E-state index contributed by atoms with van der Waals surface area (Å²) in [5.41, 5.74) is -0.319. The van der Waals surface area contributed by atoms with E-state index in [-0.39, 0.29) is 12.0 Å². The van der Waals surface area contributed by atoms with Crippen molar-refractivity contribution in [2.24, 2.45) is 0 Å². The van der Waals surface area contributed by atoms with Gasteiger partial charge in [0.25, 0.3) is 0 Å². The van der Waals surface area contributed by atoms with E-state index in [1.807, 2.05) is 7.05 Å². The number of hydrogen-bond donors (Lipinski definition) is 1. The van der Waals surface area contributed by atoms with E-state index in [1.54, 1.807) is 12.3 Å². The molecule has 0 aliphatic carbocycles. The third-order valence-electron chi connectivity index (χ3n) is 2.62. The van der Waals surface area contributed by atoms with E-state index in [0.717, 1.165) is 10.9 Å². The van der Waals surface area contributed by atoms with Crippen LogP contribution in [0, 0.1) is 0 Å². The third kappa shape index (κ3) is 3.54. The Morgan fingerprint density at radius 1 is 1.26 bits per heavy atom. The van der Waals surface area contributed by atoms with Gasteiger partial charge in [0, 0.05) is 24.0 Å². The van der Waals surface area contributed by atoms with E-state index in [1.165, 1.54) is 23.5 Å². The van der Waals surface area contributed by atoms with Gasteiger partial charge in [0.15, 0.2) is 0 Å². The summed E-state index contributed by atoms with van der Waals surface area (Å²) < 4.78 is 38.6. The lowest BCUT2D eigenvalue weighted by atomic mass is 10.0. The van der Waals surface area contributed by atoms with Gasteiger partial charge in [0.2, 0.25) is 0 Å². The van der Waals surface area contributed by atoms with Crippen LogP contribution in [0.25, 0.3) is 0 Å². The Morgan fingerprint density at radius 2 is 2.00 bits per heavy atom. The second kappa shape index (κ2) is 5.71. The molecule has 102 valence electrons. The first-order valence-corrected chi connectivity index (χ1v) is 6.55. The van der Waals surface area contributed by atoms with Crippen molar-refractivity contribution in [3.63, 3.8) is 0 Å². The van der Waals surface area contributed by atoms with Crippen LogP contribution in [0.2, 0.25) is 0 Å². The van der Waals surface area contributed by atoms with Crippen molar-refractivity contribution >= 4 is 11.3 Å². The number of halogens is 3. The number of hydrogen-bond acceptors (Lipinski definition) is 3. The average Bonchev–Trinajstić information content (AvgIpc) is 2.76. The first-order valence-electron chi connectivity index (χ1n) is 5.74.